The number of hydrogen-bond acceptors (Lipinski definition) is 4. The summed E-state index contributed by atoms with van der Waals surface area (Å²) in [6.07, 6.45) is 2.37. The van der Waals surface area contributed by atoms with E-state index in [-0.39, 0.29) is 11.9 Å². The van der Waals surface area contributed by atoms with Gasteiger partial charge in [-0.05, 0) is 38.5 Å². The Labute approximate surface area is 134 Å². The summed E-state index contributed by atoms with van der Waals surface area (Å²) in [7, 11) is 1.94. The Morgan fingerprint density at radius 3 is 2.70 bits per heavy atom. The van der Waals surface area contributed by atoms with Gasteiger partial charge in [-0.15, -0.1) is 0 Å². The highest BCUT2D eigenvalue weighted by molar-refractivity contribution is 5.88. The van der Waals surface area contributed by atoms with Crippen LogP contribution in [-0.2, 0) is 7.05 Å². The zero-order valence-electron chi connectivity index (χ0n) is 13.8. The second-order valence-corrected chi connectivity index (χ2v) is 5.70. The van der Waals surface area contributed by atoms with E-state index < -0.39 is 0 Å². The van der Waals surface area contributed by atoms with E-state index >= 15 is 0 Å². The molecule has 6 heteroatoms. The van der Waals surface area contributed by atoms with Gasteiger partial charge in [-0.25, -0.2) is 14.4 Å². The third-order valence-electron chi connectivity index (χ3n) is 4.23. The normalized spacial score (nSPS) is 12.6. The predicted molar refractivity (Wildman–Crippen MR) is 88.8 cm³/mol. The second-order valence-electron chi connectivity index (χ2n) is 5.70. The first-order chi connectivity index (χ1) is 11.0. The first-order valence-electron chi connectivity index (χ1n) is 7.68. The zero-order valence-corrected chi connectivity index (χ0v) is 13.8. The molecule has 0 saturated carbocycles. The van der Waals surface area contributed by atoms with Crippen molar-refractivity contribution in [1.82, 2.24) is 19.7 Å². The summed E-state index contributed by atoms with van der Waals surface area (Å²) in [5, 5.41) is 8.61. The van der Waals surface area contributed by atoms with Gasteiger partial charge in [-0.3, -0.25) is 4.68 Å². The quantitative estimate of drug-likeness (QED) is 0.798. The molecule has 0 bridgehead atoms. The molecule has 5 nitrogen and oxygen atoms in total. The van der Waals surface area contributed by atoms with Crippen molar-refractivity contribution >= 4 is 16.7 Å². The molecule has 0 spiro atoms. The van der Waals surface area contributed by atoms with Crippen LogP contribution in [0.5, 0.6) is 0 Å². The molecule has 1 atom stereocenters. The van der Waals surface area contributed by atoms with E-state index in [4.69, 9.17) is 0 Å². The molecule has 2 aromatic heterocycles. The van der Waals surface area contributed by atoms with E-state index in [0.717, 1.165) is 28.9 Å². The van der Waals surface area contributed by atoms with Crippen LogP contribution in [0.2, 0.25) is 0 Å². The molecule has 1 N–H and O–H groups in total. The third kappa shape index (κ3) is 2.76. The van der Waals surface area contributed by atoms with Gasteiger partial charge in [-0.1, -0.05) is 6.92 Å². The zero-order chi connectivity index (χ0) is 16.6. The lowest BCUT2D eigenvalue weighted by atomic mass is 10.0. The van der Waals surface area contributed by atoms with E-state index in [2.05, 4.69) is 34.2 Å². The fourth-order valence-electron chi connectivity index (χ4n) is 2.98. The minimum absolute atomic E-state index is 0.0602. The molecule has 0 saturated heterocycles. The van der Waals surface area contributed by atoms with E-state index in [1.807, 2.05) is 18.7 Å². The number of fused-ring (bicyclic) bond motifs is 1. The molecule has 120 valence electrons. The summed E-state index contributed by atoms with van der Waals surface area (Å²) < 4.78 is 15.5. The molecule has 23 heavy (non-hydrogen) atoms. The molecule has 0 amide bonds. The largest absolute Gasteiger partial charge is 0.363 e. The summed E-state index contributed by atoms with van der Waals surface area (Å²) in [5.74, 6) is 0.348. The number of aryl methyl sites for hydroxylation is 2. The molecule has 3 rings (SSSR count). The molecule has 1 aromatic carbocycles. The summed E-state index contributed by atoms with van der Waals surface area (Å²) in [5.41, 5.74) is 4.00. The van der Waals surface area contributed by atoms with E-state index in [1.54, 1.807) is 6.07 Å². The number of halogens is 1. The second kappa shape index (κ2) is 5.95. The lowest BCUT2D eigenvalue weighted by Gasteiger charge is -2.19. The van der Waals surface area contributed by atoms with Crippen molar-refractivity contribution in [2.45, 2.75) is 33.2 Å². The molecule has 1 unspecified atom stereocenters. The highest BCUT2D eigenvalue weighted by Crippen LogP contribution is 2.29. The lowest BCUT2D eigenvalue weighted by Crippen LogP contribution is -2.13. The maximum absolute atomic E-state index is 13.6. The first kappa shape index (κ1) is 15.4. The smallest absolute Gasteiger partial charge is 0.137 e. The number of nitrogens with zero attached hydrogens (tertiary/aromatic N) is 4. The molecule has 0 aliphatic carbocycles. The molecule has 0 aliphatic heterocycles. The van der Waals surface area contributed by atoms with Crippen molar-refractivity contribution in [3.8, 4) is 0 Å². The third-order valence-corrected chi connectivity index (χ3v) is 4.23. The van der Waals surface area contributed by atoms with Gasteiger partial charge in [0.2, 0.25) is 0 Å². The van der Waals surface area contributed by atoms with Gasteiger partial charge in [0.05, 0.1) is 17.3 Å². The van der Waals surface area contributed by atoms with E-state index in [9.17, 15) is 4.39 Å². The van der Waals surface area contributed by atoms with E-state index in [1.165, 1.54) is 18.5 Å². The summed E-state index contributed by atoms with van der Waals surface area (Å²) in [4.78, 5) is 8.51. The number of rotatable bonds is 4. The Balaban J connectivity index is 2.04. The SMILES string of the molecule is CCC(Nc1ncnc2ccc(F)cc12)c1c(C)nn(C)c1C. The summed E-state index contributed by atoms with van der Waals surface area (Å²) in [6.45, 7) is 6.16. The molecular weight excluding hydrogens is 293 g/mol. The van der Waals surface area contributed by atoms with Gasteiger partial charge < -0.3 is 5.32 Å². The Bertz CT molecular complexity index is 856. The van der Waals surface area contributed by atoms with Crippen LogP contribution in [0.4, 0.5) is 10.2 Å². The highest BCUT2D eigenvalue weighted by Gasteiger charge is 2.20. The first-order valence-corrected chi connectivity index (χ1v) is 7.68. The number of aromatic nitrogens is 4. The topological polar surface area (TPSA) is 55.6 Å². The number of anilines is 1. The maximum atomic E-state index is 13.6. The molecule has 3 aromatic rings. The van der Waals surface area contributed by atoms with Gasteiger partial charge in [0.15, 0.2) is 0 Å². The minimum atomic E-state index is -0.294. The van der Waals surface area contributed by atoms with Crippen LogP contribution in [0.3, 0.4) is 0 Å². The Morgan fingerprint density at radius 2 is 2.04 bits per heavy atom. The van der Waals surface area contributed by atoms with Crippen molar-refractivity contribution < 1.29 is 4.39 Å². The Hall–Kier alpha value is -2.50. The number of benzene rings is 1. The summed E-state index contributed by atoms with van der Waals surface area (Å²) in [6, 6.07) is 4.60. The standard InChI is InChI=1S/C17H20FN5/c1-5-14(16-10(2)22-23(4)11(16)3)21-17-13-8-12(18)6-7-15(13)19-9-20-17/h6-9,14H,5H2,1-4H3,(H,19,20,21). The van der Waals surface area contributed by atoms with Gasteiger partial charge in [0.25, 0.3) is 0 Å². The average molecular weight is 313 g/mol. The van der Waals surface area contributed by atoms with E-state index in [0.29, 0.717) is 11.2 Å². The van der Waals surface area contributed by atoms with Crippen LogP contribution in [0.25, 0.3) is 10.9 Å². The molecule has 0 fully saturated rings. The maximum Gasteiger partial charge on any atom is 0.137 e. The molecular formula is C17H20FN5. The monoisotopic (exact) mass is 313 g/mol. The number of hydrogen-bond donors (Lipinski definition) is 1. The van der Waals surface area contributed by atoms with Crippen LogP contribution in [0.15, 0.2) is 24.5 Å². The minimum Gasteiger partial charge on any atom is -0.363 e. The fraction of sp³-hybridized carbons (Fsp3) is 0.353. The van der Waals surface area contributed by atoms with Crippen molar-refractivity contribution in [3.63, 3.8) is 0 Å². The average Bonchev–Trinajstić information content (AvgIpc) is 2.78. The number of nitrogens with one attached hydrogen (secondary N) is 1. The van der Waals surface area contributed by atoms with Gasteiger partial charge >= 0.3 is 0 Å². The van der Waals surface area contributed by atoms with Crippen molar-refractivity contribution in [1.29, 1.82) is 0 Å². The van der Waals surface area contributed by atoms with Gasteiger partial charge in [0.1, 0.15) is 18.0 Å². The van der Waals surface area contributed by atoms with Crippen LogP contribution < -0.4 is 5.32 Å². The van der Waals surface area contributed by atoms with Crippen LogP contribution >= 0.6 is 0 Å². The van der Waals surface area contributed by atoms with Crippen molar-refractivity contribution in [2.24, 2.45) is 7.05 Å². The molecule has 2 heterocycles. The Kier molecular flexibility index (Phi) is 3.98. The summed E-state index contributed by atoms with van der Waals surface area (Å²) >= 11 is 0. The van der Waals surface area contributed by atoms with Crippen LogP contribution in [0, 0.1) is 19.7 Å². The predicted octanol–water partition coefficient (Wildman–Crippen LogP) is 3.68. The van der Waals surface area contributed by atoms with Crippen molar-refractivity contribution in [2.75, 3.05) is 5.32 Å². The van der Waals surface area contributed by atoms with Gasteiger partial charge in [0, 0.05) is 23.7 Å². The fourth-order valence-corrected chi connectivity index (χ4v) is 2.98. The van der Waals surface area contributed by atoms with Gasteiger partial charge in [-0.2, -0.15) is 5.10 Å². The molecule has 0 radical (unpaired) electrons. The van der Waals surface area contributed by atoms with Crippen LogP contribution in [0.1, 0.15) is 36.3 Å². The van der Waals surface area contributed by atoms with Crippen molar-refractivity contribution in [3.05, 3.63) is 47.3 Å². The molecule has 0 aliphatic rings. The van der Waals surface area contributed by atoms with Crippen LogP contribution in [-0.4, -0.2) is 19.7 Å². The highest BCUT2D eigenvalue weighted by atomic mass is 19.1. The Morgan fingerprint density at radius 1 is 1.26 bits per heavy atom. The lowest BCUT2D eigenvalue weighted by molar-refractivity contribution is 0.629.